The number of benzene rings is 3. The molecule has 4 aliphatic rings. The van der Waals surface area contributed by atoms with Crippen LogP contribution in [-0.4, -0.2) is 43.5 Å². The van der Waals surface area contributed by atoms with E-state index in [1.165, 1.54) is 36.1 Å². The quantitative estimate of drug-likeness (QED) is 0.381. The van der Waals surface area contributed by atoms with Gasteiger partial charge in [-0.05, 0) is 60.5 Å². The van der Waals surface area contributed by atoms with Crippen LogP contribution in [0, 0.1) is 17.8 Å². The molecule has 3 aromatic carbocycles. The molecule has 0 aromatic heterocycles. The lowest BCUT2D eigenvalue weighted by molar-refractivity contribution is -0.274. The number of halogens is 3. The maximum Gasteiger partial charge on any atom is 0.573 e. The van der Waals surface area contributed by atoms with E-state index in [9.17, 15) is 13.2 Å². The number of hydrogen-bond donors (Lipinski definition) is 1. The molecule has 3 aliphatic heterocycles. The van der Waals surface area contributed by atoms with Gasteiger partial charge in [0.25, 0.3) is 0 Å². The molecule has 0 spiro atoms. The smallest absolute Gasteiger partial charge is 0.496 e. The molecule has 7 rings (SSSR count). The van der Waals surface area contributed by atoms with Crippen LogP contribution in [0.5, 0.6) is 11.5 Å². The summed E-state index contributed by atoms with van der Waals surface area (Å²) in [5.74, 6) is 2.04. The Morgan fingerprint density at radius 1 is 0.947 bits per heavy atom. The normalized spacial score (nSPS) is 28.0. The van der Waals surface area contributed by atoms with E-state index in [1.54, 1.807) is 13.2 Å². The number of methoxy groups -OCH3 is 1. The fourth-order valence-corrected chi connectivity index (χ4v) is 7.51. The van der Waals surface area contributed by atoms with Crippen molar-refractivity contribution < 1.29 is 22.6 Å². The molecule has 6 unspecified atom stereocenters. The third-order valence-corrected chi connectivity index (χ3v) is 8.80. The van der Waals surface area contributed by atoms with Crippen molar-refractivity contribution in [3.63, 3.8) is 0 Å². The minimum Gasteiger partial charge on any atom is -0.496 e. The molecule has 0 amide bonds. The van der Waals surface area contributed by atoms with Crippen LogP contribution < -0.4 is 14.8 Å². The lowest BCUT2D eigenvalue weighted by Crippen LogP contribution is -2.65. The van der Waals surface area contributed by atoms with Gasteiger partial charge in [-0.1, -0.05) is 60.7 Å². The highest BCUT2D eigenvalue weighted by Crippen LogP contribution is 2.53. The maximum atomic E-state index is 12.9. The van der Waals surface area contributed by atoms with Crippen LogP contribution in [0.4, 0.5) is 13.2 Å². The van der Waals surface area contributed by atoms with E-state index >= 15 is 0 Å². The van der Waals surface area contributed by atoms with Crippen molar-refractivity contribution in [1.82, 2.24) is 10.2 Å². The molecule has 4 bridgehead atoms. The summed E-state index contributed by atoms with van der Waals surface area (Å²) in [5, 5.41) is 3.83. The van der Waals surface area contributed by atoms with Crippen LogP contribution >= 0.6 is 0 Å². The van der Waals surface area contributed by atoms with Crippen LogP contribution in [0.3, 0.4) is 0 Å². The Morgan fingerprint density at radius 2 is 1.63 bits per heavy atom. The molecule has 4 fully saturated rings. The van der Waals surface area contributed by atoms with Crippen LogP contribution in [0.1, 0.15) is 35.4 Å². The molecule has 7 heteroatoms. The van der Waals surface area contributed by atoms with E-state index in [0.717, 1.165) is 13.1 Å². The monoisotopic (exact) mass is 522 g/mol. The highest BCUT2D eigenvalue weighted by Gasteiger charge is 2.57. The van der Waals surface area contributed by atoms with Crippen LogP contribution in [0.2, 0.25) is 0 Å². The second-order valence-electron chi connectivity index (χ2n) is 10.8. The first-order valence-electron chi connectivity index (χ1n) is 13.4. The number of nitrogens with one attached hydrogen (secondary N) is 1. The average Bonchev–Trinajstić information content (AvgIpc) is 3.20. The zero-order chi connectivity index (χ0) is 26.3. The number of ether oxygens (including phenoxy) is 2. The molecule has 6 atom stereocenters. The average molecular weight is 523 g/mol. The molecule has 1 N–H and O–H groups in total. The van der Waals surface area contributed by atoms with Crippen LogP contribution in [-0.2, 0) is 6.54 Å². The third-order valence-electron chi connectivity index (χ3n) is 8.80. The van der Waals surface area contributed by atoms with Crippen molar-refractivity contribution >= 4 is 0 Å². The molecule has 1 saturated carbocycles. The standard InChI is InChI=1S/C31H33F3N2O2/c1-37-26-13-12-25(38-31(32,33)34)17-23(26)18-35-29-24-16-22-14-15-36(19-24)30(22)28(29)27(20-8-4-2-5-9-20)21-10-6-3-7-11-21/h2-13,17,22,24,27-30,35H,14-16,18-19H2,1H3. The van der Waals surface area contributed by atoms with E-state index < -0.39 is 6.36 Å². The maximum absolute atomic E-state index is 12.9. The van der Waals surface area contributed by atoms with Crippen molar-refractivity contribution in [2.75, 3.05) is 20.2 Å². The molecular weight excluding hydrogens is 489 g/mol. The van der Waals surface area contributed by atoms with Gasteiger partial charge in [0.05, 0.1) is 7.11 Å². The van der Waals surface area contributed by atoms with Gasteiger partial charge in [-0.15, -0.1) is 13.2 Å². The Kier molecular flexibility index (Phi) is 6.82. The number of alkyl halides is 3. The fourth-order valence-electron chi connectivity index (χ4n) is 7.51. The Labute approximate surface area is 221 Å². The van der Waals surface area contributed by atoms with Crippen molar-refractivity contribution in [3.8, 4) is 11.5 Å². The molecule has 0 radical (unpaired) electrons. The van der Waals surface area contributed by atoms with Crippen molar-refractivity contribution in [2.24, 2.45) is 17.8 Å². The van der Waals surface area contributed by atoms with Crippen LogP contribution in [0.15, 0.2) is 78.9 Å². The topological polar surface area (TPSA) is 33.7 Å². The minimum atomic E-state index is -4.74. The highest BCUT2D eigenvalue weighted by molar-refractivity contribution is 5.41. The van der Waals surface area contributed by atoms with E-state index in [1.807, 2.05) is 0 Å². The lowest BCUT2D eigenvalue weighted by Gasteiger charge is -2.56. The molecule has 3 aromatic rings. The van der Waals surface area contributed by atoms with Gasteiger partial charge in [-0.3, -0.25) is 4.90 Å². The number of nitrogens with zero attached hydrogens (tertiary/aromatic N) is 1. The summed E-state index contributed by atoms with van der Waals surface area (Å²) in [7, 11) is 1.54. The zero-order valence-electron chi connectivity index (χ0n) is 21.4. The Bertz CT molecular complexity index is 1180. The minimum absolute atomic E-state index is 0.216. The molecule has 3 heterocycles. The molecule has 4 nitrogen and oxygen atoms in total. The first-order valence-corrected chi connectivity index (χ1v) is 13.4. The third kappa shape index (κ3) is 4.90. The van der Waals surface area contributed by atoms with E-state index in [4.69, 9.17) is 4.74 Å². The van der Waals surface area contributed by atoms with Gasteiger partial charge in [0.2, 0.25) is 0 Å². The van der Waals surface area contributed by atoms with Gasteiger partial charge in [-0.2, -0.15) is 0 Å². The van der Waals surface area contributed by atoms with Crippen molar-refractivity contribution in [1.29, 1.82) is 0 Å². The Morgan fingerprint density at radius 3 is 2.24 bits per heavy atom. The largest absolute Gasteiger partial charge is 0.573 e. The summed E-state index contributed by atoms with van der Waals surface area (Å²) >= 11 is 0. The summed E-state index contributed by atoms with van der Waals surface area (Å²) in [5.41, 5.74) is 3.28. The van der Waals surface area contributed by atoms with Gasteiger partial charge in [0.15, 0.2) is 0 Å². The first-order chi connectivity index (χ1) is 18.4. The second kappa shape index (κ2) is 10.3. The molecular formula is C31H33F3N2O2. The van der Waals surface area contributed by atoms with Gasteiger partial charge < -0.3 is 14.8 Å². The molecule has 38 heavy (non-hydrogen) atoms. The second-order valence-corrected chi connectivity index (χ2v) is 10.8. The Hall–Kier alpha value is -3.03. The van der Waals surface area contributed by atoms with E-state index in [2.05, 4.69) is 75.6 Å². The van der Waals surface area contributed by atoms with E-state index in [0.29, 0.717) is 41.7 Å². The molecule has 1 aliphatic carbocycles. The summed E-state index contributed by atoms with van der Waals surface area (Å²) < 4.78 is 48.4. The highest BCUT2D eigenvalue weighted by atomic mass is 19.4. The SMILES string of the molecule is COc1ccc(OC(F)(F)F)cc1CNC1C2CC3CCN(C2)C3C1C(c1ccccc1)c1ccccc1. The van der Waals surface area contributed by atoms with Gasteiger partial charge in [-0.25, -0.2) is 0 Å². The van der Waals surface area contributed by atoms with Gasteiger partial charge in [0.1, 0.15) is 11.5 Å². The van der Waals surface area contributed by atoms with Crippen molar-refractivity contribution in [3.05, 3.63) is 95.6 Å². The number of rotatable bonds is 8. The summed E-state index contributed by atoms with van der Waals surface area (Å²) in [6.45, 7) is 2.62. The molecule has 3 saturated heterocycles. The predicted molar refractivity (Wildman–Crippen MR) is 140 cm³/mol. The Balaban J connectivity index is 1.35. The van der Waals surface area contributed by atoms with Gasteiger partial charge >= 0.3 is 6.36 Å². The number of piperidine rings is 2. The van der Waals surface area contributed by atoms with Crippen LogP contribution in [0.25, 0.3) is 0 Å². The lowest BCUT2D eigenvalue weighted by atomic mass is 9.59. The predicted octanol–water partition coefficient (Wildman–Crippen LogP) is 6.22. The van der Waals surface area contributed by atoms with Crippen molar-refractivity contribution in [2.45, 2.75) is 43.8 Å². The van der Waals surface area contributed by atoms with Gasteiger partial charge in [0, 0.05) is 42.6 Å². The van der Waals surface area contributed by atoms with E-state index in [-0.39, 0.29) is 17.7 Å². The summed E-state index contributed by atoms with van der Waals surface area (Å²) in [6.07, 6.45) is -2.30. The zero-order valence-corrected chi connectivity index (χ0v) is 21.4. The number of fused-ring (bicyclic) bond motifs is 1. The molecule has 200 valence electrons. The fraction of sp³-hybridized carbons (Fsp3) is 0.419. The summed E-state index contributed by atoms with van der Waals surface area (Å²) in [6, 6.07) is 26.5. The number of hydrogen-bond acceptors (Lipinski definition) is 4. The first kappa shape index (κ1) is 25.3. The summed E-state index contributed by atoms with van der Waals surface area (Å²) in [4.78, 5) is 2.69.